The van der Waals surface area contributed by atoms with E-state index in [-0.39, 0.29) is 11.9 Å². The van der Waals surface area contributed by atoms with Crippen LogP contribution in [0.2, 0.25) is 0 Å². The van der Waals surface area contributed by atoms with E-state index in [0.29, 0.717) is 0 Å². The Balaban J connectivity index is 1.29. The van der Waals surface area contributed by atoms with Crippen LogP contribution in [0.15, 0.2) is 48.5 Å². The number of hydrogen-bond donors (Lipinski definition) is 1. The zero-order valence-corrected chi connectivity index (χ0v) is 20.0. The van der Waals surface area contributed by atoms with E-state index in [4.69, 9.17) is 0 Å². The second-order valence-corrected chi connectivity index (χ2v) is 10.1. The molecule has 1 N–H and O–H groups in total. The van der Waals surface area contributed by atoms with E-state index in [1.807, 2.05) is 12.1 Å². The fourth-order valence-corrected chi connectivity index (χ4v) is 4.84. The van der Waals surface area contributed by atoms with Crippen molar-refractivity contribution in [2.45, 2.75) is 59.0 Å². The largest absolute Gasteiger partial charge is 0.372 e. The number of piperidine rings is 2. The third-order valence-corrected chi connectivity index (χ3v) is 7.39. The van der Waals surface area contributed by atoms with Gasteiger partial charge in [-0.2, -0.15) is 0 Å². The zero-order valence-electron chi connectivity index (χ0n) is 20.0. The van der Waals surface area contributed by atoms with Crippen LogP contribution in [0.5, 0.6) is 0 Å². The molecule has 2 aromatic rings. The summed E-state index contributed by atoms with van der Waals surface area (Å²) >= 11 is 0. The molecule has 1 amide bonds. The molecule has 4 nitrogen and oxygen atoms in total. The Bertz CT molecular complexity index is 861. The summed E-state index contributed by atoms with van der Waals surface area (Å²) in [4.78, 5) is 17.8. The van der Waals surface area contributed by atoms with Crippen molar-refractivity contribution in [2.75, 3.05) is 31.1 Å². The van der Waals surface area contributed by atoms with E-state index in [9.17, 15) is 4.79 Å². The summed E-state index contributed by atoms with van der Waals surface area (Å²) in [6.07, 6.45) is 5.11. The number of benzene rings is 2. The number of hydrogen-bond acceptors (Lipinski definition) is 3. The Morgan fingerprint density at radius 2 is 1.44 bits per heavy atom. The number of carbonyl (C=O) groups is 1. The molecule has 32 heavy (non-hydrogen) atoms. The van der Waals surface area contributed by atoms with E-state index >= 15 is 0 Å². The first kappa shape index (κ1) is 22.8. The molecular formula is C28H39N3O. The Morgan fingerprint density at radius 1 is 0.875 bits per heavy atom. The van der Waals surface area contributed by atoms with E-state index in [2.05, 4.69) is 72.3 Å². The van der Waals surface area contributed by atoms with Crippen LogP contribution in [0.3, 0.4) is 0 Å². The number of nitrogens with one attached hydrogen (secondary N) is 1. The third kappa shape index (κ3) is 5.92. The number of likely N-dealkylation sites (tertiary alicyclic amines) is 1. The Kier molecular flexibility index (Phi) is 7.51. The average Bonchev–Trinajstić information content (AvgIpc) is 2.81. The zero-order chi connectivity index (χ0) is 22.5. The van der Waals surface area contributed by atoms with E-state index in [1.165, 1.54) is 50.0 Å². The van der Waals surface area contributed by atoms with Crippen LogP contribution < -0.4 is 10.2 Å². The van der Waals surface area contributed by atoms with Crippen LogP contribution in [-0.2, 0) is 6.54 Å². The van der Waals surface area contributed by atoms with E-state index < -0.39 is 0 Å². The normalized spacial score (nSPS) is 19.7. The molecule has 2 aliphatic rings. The lowest BCUT2D eigenvalue weighted by molar-refractivity contribution is 0.0940. The maximum atomic E-state index is 12.8. The molecule has 2 saturated heterocycles. The first-order valence-corrected chi connectivity index (χ1v) is 12.4. The number of amides is 1. The smallest absolute Gasteiger partial charge is 0.251 e. The summed E-state index contributed by atoms with van der Waals surface area (Å²) in [6.45, 7) is 12.4. The third-order valence-electron chi connectivity index (χ3n) is 7.39. The van der Waals surface area contributed by atoms with Crippen molar-refractivity contribution >= 4 is 11.6 Å². The first-order chi connectivity index (χ1) is 15.5. The average molecular weight is 434 g/mol. The van der Waals surface area contributed by atoms with E-state index in [0.717, 1.165) is 42.6 Å². The lowest BCUT2D eigenvalue weighted by Gasteiger charge is -2.32. The summed E-state index contributed by atoms with van der Waals surface area (Å²) in [7, 11) is 0. The molecule has 2 aliphatic heterocycles. The first-order valence-electron chi connectivity index (χ1n) is 12.4. The Hall–Kier alpha value is -2.33. The van der Waals surface area contributed by atoms with Crippen molar-refractivity contribution in [3.05, 3.63) is 65.2 Å². The van der Waals surface area contributed by atoms with Gasteiger partial charge in [-0.15, -0.1) is 0 Å². The van der Waals surface area contributed by atoms with Gasteiger partial charge in [-0.1, -0.05) is 38.1 Å². The minimum Gasteiger partial charge on any atom is -0.372 e. The van der Waals surface area contributed by atoms with Crippen molar-refractivity contribution < 1.29 is 4.79 Å². The number of carbonyl (C=O) groups excluding carboxylic acids is 1. The van der Waals surface area contributed by atoms with Crippen LogP contribution in [0.1, 0.15) is 74.0 Å². The van der Waals surface area contributed by atoms with Gasteiger partial charge in [0.15, 0.2) is 0 Å². The Labute approximate surface area is 194 Å². The van der Waals surface area contributed by atoms with Gasteiger partial charge in [0.2, 0.25) is 0 Å². The van der Waals surface area contributed by atoms with Crippen LogP contribution >= 0.6 is 0 Å². The molecule has 172 valence electrons. The van der Waals surface area contributed by atoms with Crippen molar-refractivity contribution in [1.29, 1.82) is 0 Å². The SMILES string of the molecule is CC1CCN(Cc2ccc(C(=O)N[C@@H](C)c3ccc(N4CCC(C)CC4)cc3)cc2)CC1. The summed E-state index contributed by atoms with van der Waals surface area (Å²) in [6, 6.07) is 16.8. The van der Waals surface area contributed by atoms with Crippen molar-refractivity contribution in [3.63, 3.8) is 0 Å². The van der Waals surface area contributed by atoms with Gasteiger partial charge in [0.25, 0.3) is 5.91 Å². The highest BCUT2D eigenvalue weighted by atomic mass is 16.1. The second kappa shape index (κ2) is 10.5. The van der Waals surface area contributed by atoms with Gasteiger partial charge in [0.05, 0.1) is 6.04 Å². The lowest BCUT2D eigenvalue weighted by atomic mass is 9.98. The molecule has 0 saturated carbocycles. The molecule has 2 aromatic carbocycles. The van der Waals surface area contributed by atoms with Crippen LogP contribution in [0.25, 0.3) is 0 Å². The molecule has 0 bridgehead atoms. The monoisotopic (exact) mass is 433 g/mol. The predicted octanol–water partition coefficient (Wildman–Crippen LogP) is 5.65. The summed E-state index contributed by atoms with van der Waals surface area (Å²) in [5, 5.41) is 3.16. The quantitative estimate of drug-likeness (QED) is 0.640. The minimum atomic E-state index is -0.0204. The molecule has 1 atom stereocenters. The molecule has 0 aromatic heterocycles. The van der Waals surface area contributed by atoms with Crippen molar-refractivity contribution in [2.24, 2.45) is 11.8 Å². The summed E-state index contributed by atoms with van der Waals surface area (Å²) < 4.78 is 0. The molecule has 0 unspecified atom stereocenters. The van der Waals surface area contributed by atoms with Crippen LogP contribution in [0, 0.1) is 11.8 Å². The standard InChI is InChI=1S/C28H39N3O/c1-21-12-16-30(17-13-21)20-24-4-6-26(7-5-24)28(32)29-23(3)25-8-10-27(11-9-25)31-18-14-22(2)15-19-31/h4-11,21-23H,12-20H2,1-3H3,(H,29,32)/t23-/m0/s1. The molecule has 4 heteroatoms. The van der Waals surface area contributed by atoms with Gasteiger partial charge >= 0.3 is 0 Å². The Morgan fingerprint density at radius 3 is 2.03 bits per heavy atom. The molecule has 2 fully saturated rings. The maximum Gasteiger partial charge on any atom is 0.251 e. The molecular weight excluding hydrogens is 394 g/mol. The molecule has 0 aliphatic carbocycles. The molecule has 0 radical (unpaired) electrons. The van der Waals surface area contributed by atoms with Crippen LogP contribution in [0.4, 0.5) is 5.69 Å². The van der Waals surface area contributed by atoms with Crippen molar-refractivity contribution in [3.8, 4) is 0 Å². The highest BCUT2D eigenvalue weighted by Gasteiger charge is 2.18. The molecule has 0 spiro atoms. The van der Waals surface area contributed by atoms with Gasteiger partial charge in [-0.05, 0) is 92.9 Å². The second-order valence-electron chi connectivity index (χ2n) is 10.1. The van der Waals surface area contributed by atoms with Gasteiger partial charge < -0.3 is 10.2 Å². The fraction of sp³-hybridized carbons (Fsp3) is 0.536. The summed E-state index contributed by atoms with van der Waals surface area (Å²) in [5.41, 5.74) is 4.44. The van der Waals surface area contributed by atoms with Gasteiger partial charge in [0, 0.05) is 30.9 Å². The lowest BCUT2D eigenvalue weighted by Crippen LogP contribution is -2.32. The maximum absolute atomic E-state index is 12.8. The summed E-state index contributed by atoms with van der Waals surface area (Å²) in [5.74, 6) is 1.68. The fourth-order valence-electron chi connectivity index (χ4n) is 4.84. The van der Waals surface area contributed by atoms with Crippen molar-refractivity contribution in [1.82, 2.24) is 10.2 Å². The predicted molar refractivity (Wildman–Crippen MR) is 133 cm³/mol. The van der Waals surface area contributed by atoms with Gasteiger partial charge in [0.1, 0.15) is 0 Å². The van der Waals surface area contributed by atoms with Gasteiger partial charge in [-0.25, -0.2) is 0 Å². The van der Waals surface area contributed by atoms with Crippen LogP contribution in [-0.4, -0.2) is 37.0 Å². The topological polar surface area (TPSA) is 35.6 Å². The minimum absolute atomic E-state index is 0.00931. The van der Waals surface area contributed by atoms with E-state index in [1.54, 1.807) is 0 Å². The highest BCUT2D eigenvalue weighted by Crippen LogP contribution is 2.25. The highest BCUT2D eigenvalue weighted by molar-refractivity contribution is 5.94. The molecule has 4 rings (SSSR count). The number of anilines is 1. The number of rotatable bonds is 6. The number of nitrogens with zero attached hydrogens (tertiary/aromatic N) is 2. The molecule has 2 heterocycles. The van der Waals surface area contributed by atoms with Gasteiger partial charge in [-0.3, -0.25) is 9.69 Å².